The van der Waals surface area contributed by atoms with Gasteiger partial charge in [0.15, 0.2) is 0 Å². The molecule has 0 fully saturated rings. The maximum absolute atomic E-state index is 8.22. The molecule has 0 rings (SSSR count). The first-order chi connectivity index (χ1) is 1.00. The SMILES string of the molecule is [Mo].[O].[O]=[Pt]. The second kappa shape index (κ2) is 31.5. The van der Waals surface area contributed by atoms with Crippen molar-refractivity contribution in [3.63, 3.8) is 0 Å². The van der Waals surface area contributed by atoms with Crippen LogP contribution >= 0.6 is 0 Å². The van der Waals surface area contributed by atoms with Crippen LogP contribution < -0.4 is 0 Å². The third-order valence-corrected chi connectivity index (χ3v) is 0. The molecule has 0 spiro atoms. The van der Waals surface area contributed by atoms with E-state index in [1.165, 1.54) is 0 Å². The molecule has 28 valence electrons. The monoisotopic (exact) mass is 325 g/mol. The van der Waals surface area contributed by atoms with Crippen LogP contribution in [0.2, 0.25) is 0 Å². The Morgan fingerprint density at radius 1 is 1.25 bits per heavy atom. The summed E-state index contributed by atoms with van der Waals surface area (Å²) in [4.78, 5) is 0. The Labute approximate surface area is 49.7 Å². The Hall–Kier alpha value is 1.14. The second-order valence-electron chi connectivity index (χ2n) is 0. The van der Waals surface area contributed by atoms with E-state index in [0.29, 0.717) is 0 Å². The van der Waals surface area contributed by atoms with Gasteiger partial charge in [0.1, 0.15) is 0 Å². The average Bonchev–Trinajstić information content (AvgIpc) is 1.00. The van der Waals surface area contributed by atoms with Crippen LogP contribution in [0, 0.1) is 0 Å². The van der Waals surface area contributed by atoms with Gasteiger partial charge in [-0.25, -0.2) is 0 Å². The number of rotatable bonds is 0. The third-order valence-electron chi connectivity index (χ3n) is 0. The summed E-state index contributed by atoms with van der Waals surface area (Å²) in [5.74, 6) is 0. The fourth-order valence-electron chi connectivity index (χ4n) is 0. The van der Waals surface area contributed by atoms with E-state index < -0.39 is 0 Å². The molecular weight excluding hydrogens is 323 g/mol. The molecule has 0 saturated carbocycles. The molecule has 4 heteroatoms. The molecule has 0 aliphatic rings. The summed E-state index contributed by atoms with van der Waals surface area (Å²) in [6.07, 6.45) is 0. The first-order valence-corrected chi connectivity index (χ1v) is 1.06. The van der Waals surface area contributed by atoms with Gasteiger partial charge in [-0.2, -0.15) is 0 Å². The van der Waals surface area contributed by atoms with Crippen LogP contribution in [-0.4, -0.2) is 0 Å². The Bertz CT molecular complexity index is 6.00. The van der Waals surface area contributed by atoms with E-state index in [4.69, 9.17) is 3.40 Å². The molecule has 0 aromatic carbocycles. The van der Waals surface area contributed by atoms with E-state index in [2.05, 4.69) is 0 Å². The van der Waals surface area contributed by atoms with Crippen molar-refractivity contribution in [3.05, 3.63) is 0 Å². The summed E-state index contributed by atoms with van der Waals surface area (Å²) in [5, 5.41) is 0. The minimum absolute atomic E-state index is 0. The summed E-state index contributed by atoms with van der Waals surface area (Å²) in [6.45, 7) is 0. The van der Waals surface area contributed by atoms with Crippen LogP contribution in [0.1, 0.15) is 0 Å². The molecule has 0 saturated heterocycles. The fourth-order valence-corrected chi connectivity index (χ4v) is 0. The number of hydrogen-bond acceptors (Lipinski definition) is 1. The Morgan fingerprint density at radius 2 is 1.25 bits per heavy atom. The molecule has 0 N–H and O–H groups in total. The zero-order valence-electron chi connectivity index (χ0n) is 1.54. The summed E-state index contributed by atoms with van der Waals surface area (Å²) in [7, 11) is 0. The van der Waals surface area contributed by atoms with Crippen LogP contribution in [0.15, 0.2) is 0 Å². The molecule has 0 heterocycles. The van der Waals surface area contributed by atoms with Gasteiger partial charge in [0.05, 0.1) is 0 Å². The molecule has 0 unspecified atom stereocenters. The first-order valence-electron chi connectivity index (χ1n) is 0.129. The molecule has 0 aliphatic carbocycles. The normalized spacial score (nSPS) is 1.50. The van der Waals surface area contributed by atoms with E-state index in [0.717, 1.165) is 19.8 Å². The molecule has 0 amide bonds. The zero-order valence-corrected chi connectivity index (χ0v) is 5.82. The van der Waals surface area contributed by atoms with Crippen LogP contribution in [0.25, 0.3) is 0 Å². The van der Waals surface area contributed by atoms with Crippen LogP contribution in [0.4, 0.5) is 0 Å². The molecule has 0 atom stereocenters. The fraction of sp³-hybridized carbons (Fsp3) is 0. The van der Waals surface area contributed by atoms with Crippen molar-refractivity contribution in [1.82, 2.24) is 0 Å². The average molecular weight is 323 g/mol. The van der Waals surface area contributed by atoms with Gasteiger partial charge in [0.2, 0.25) is 0 Å². The molecule has 0 aromatic heterocycles. The molecule has 2 nitrogen and oxygen atoms in total. The van der Waals surface area contributed by atoms with Crippen molar-refractivity contribution in [2.75, 3.05) is 0 Å². The van der Waals surface area contributed by atoms with Crippen molar-refractivity contribution in [3.8, 4) is 0 Å². The maximum atomic E-state index is 8.22. The van der Waals surface area contributed by atoms with Gasteiger partial charge >= 0.3 is 23.2 Å². The van der Waals surface area contributed by atoms with Gasteiger partial charge in [-0.15, -0.1) is 0 Å². The van der Waals surface area contributed by atoms with E-state index in [1.54, 1.807) is 0 Å². The topological polar surface area (TPSA) is 45.6 Å². The van der Waals surface area contributed by atoms with Crippen molar-refractivity contribution < 1.29 is 49.7 Å². The summed E-state index contributed by atoms with van der Waals surface area (Å²) in [6, 6.07) is 0. The Balaban J connectivity index is -0.00000000500. The zero-order chi connectivity index (χ0) is 2.00. The van der Waals surface area contributed by atoms with Crippen LogP contribution in [-0.2, 0) is 49.7 Å². The number of hydrogen-bond donors (Lipinski definition) is 0. The third kappa shape index (κ3) is 11.1. The molecule has 0 aromatic rings. The van der Waals surface area contributed by atoms with Gasteiger partial charge in [-0.05, 0) is 0 Å². The second-order valence-corrected chi connectivity index (χ2v) is 0. The van der Waals surface area contributed by atoms with E-state index >= 15 is 0 Å². The standard InChI is InChI=1S/Mo.2O.Pt. The summed E-state index contributed by atoms with van der Waals surface area (Å²) < 4.78 is 8.22. The summed E-state index contributed by atoms with van der Waals surface area (Å²) >= 11 is 0.889. The van der Waals surface area contributed by atoms with Gasteiger partial charge in [0.25, 0.3) is 0 Å². The van der Waals surface area contributed by atoms with Crippen molar-refractivity contribution >= 4 is 0 Å². The van der Waals surface area contributed by atoms with Gasteiger partial charge in [-0.1, -0.05) is 0 Å². The van der Waals surface area contributed by atoms with Crippen molar-refractivity contribution in [1.29, 1.82) is 0 Å². The molecular formula is MoO2Pt. The molecule has 0 bridgehead atoms. The first kappa shape index (κ1) is 19.3. The van der Waals surface area contributed by atoms with Crippen molar-refractivity contribution in [2.45, 2.75) is 0 Å². The Morgan fingerprint density at radius 3 is 1.25 bits per heavy atom. The van der Waals surface area contributed by atoms with E-state index in [9.17, 15) is 0 Å². The van der Waals surface area contributed by atoms with Crippen molar-refractivity contribution in [2.24, 2.45) is 0 Å². The van der Waals surface area contributed by atoms with Crippen LogP contribution in [0.5, 0.6) is 0 Å². The van der Waals surface area contributed by atoms with Gasteiger partial charge in [-0.3, -0.25) is 0 Å². The van der Waals surface area contributed by atoms with Gasteiger partial charge in [0, 0.05) is 26.5 Å². The van der Waals surface area contributed by atoms with E-state index in [1.807, 2.05) is 0 Å². The molecule has 0 aliphatic heterocycles. The van der Waals surface area contributed by atoms with E-state index in [-0.39, 0.29) is 26.5 Å². The minimum atomic E-state index is 0. The van der Waals surface area contributed by atoms with Gasteiger partial charge < -0.3 is 0 Å². The Kier molecular flexibility index (Phi) is 152. The predicted molar refractivity (Wildman–Crippen MR) is 1.37 cm³/mol. The molecule has 2 radical (unpaired) electrons. The summed E-state index contributed by atoms with van der Waals surface area (Å²) in [5.41, 5.74) is 0. The predicted octanol–water partition coefficient (Wildman–Crippen LogP) is -0.243. The van der Waals surface area contributed by atoms with Crippen LogP contribution in [0.3, 0.4) is 0 Å². The molecule has 4 heavy (non-hydrogen) atoms. The quantitative estimate of drug-likeness (QED) is 0.568.